The van der Waals surface area contributed by atoms with Gasteiger partial charge < -0.3 is 14.4 Å². The zero-order chi connectivity index (χ0) is 26.5. The van der Waals surface area contributed by atoms with E-state index in [4.69, 9.17) is 32.7 Å². The number of carbonyl (C=O) groups is 3. The van der Waals surface area contributed by atoms with E-state index in [-0.39, 0.29) is 24.0 Å². The number of nitrogens with zero attached hydrogens (tertiary/aromatic N) is 2. The van der Waals surface area contributed by atoms with Gasteiger partial charge >= 0.3 is 0 Å². The Morgan fingerprint density at radius 1 is 1.08 bits per heavy atom. The van der Waals surface area contributed by atoms with Crippen molar-refractivity contribution in [3.05, 3.63) is 60.9 Å². The van der Waals surface area contributed by atoms with Crippen LogP contribution in [0, 0.1) is 0 Å². The molecule has 2 aromatic rings. The molecule has 11 heteroatoms. The zero-order valence-electron chi connectivity index (χ0n) is 20.1. The number of halogens is 3. The number of likely N-dealkylation sites (tertiary alicyclic amines) is 1. The quantitative estimate of drug-likeness (QED) is 0.315. The van der Waals surface area contributed by atoms with Crippen LogP contribution in [0.2, 0.25) is 10.0 Å². The van der Waals surface area contributed by atoms with E-state index in [0.29, 0.717) is 44.7 Å². The van der Waals surface area contributed by atoms with Crippen molar-refractivity contribution in [2.45, 2.75) is 32.3 Å². The maximum atomic E-state index is 13.0. The maximum absolute atomic E-state index is 13.0. The Hall–Kier alpha value is -2.20. The Labute approximate surface area is 238 Å². The number of imide groups is 1. The van der Waals surface area contributed by atoms with Crippen LogP contribution < -0.4 is 9.47 Å². The van der Waals surface area contributed by atoms with Gasteiger partial charge in [-0.2, -0.15) is 0 Å². The fraction of sp³-hybridized carbons (Fsp3) is 0.346. The van der Waals surface area contributed by atoms with E-state index >= 15 is 0 Å². The Kier molecular flexibility index (Phi) is 9.45. The minimum Gasteiger partial charge on any atom is -0.493 e. The van der Waals surface area contributed by atoms with Crippen LogP contribution in [0.15, 0.2) is 39.7 Å². The second kappa shape index (κ2) is 12.6. The van der Waals surface area contributed by atoms with Gasteiger partial charge in [0.2, 0.25) is 5.91 Å². The van der Waals surface area contributed by atoms with Crippen molar-refractivity contribution in [1.29, 1.82) is 0 Å². The topological polar surface area (TPSA) is 76.2 Å². The molecule has 2 heterocycles. The summed E-state index contributed by atoms with van der Waals surface area (Å²) in [6.07, 6.45) is 5.66. The average molecular weight is 628 g/mol. The molecule has 4 rings (SSSR count). The molecule has 2 aliphatic rings. The van der Waals surface area contributed by atoms with Gasteiger partial charge in [-0.05, 0) is 60.5 Å². The molecule has 2 aliphatic heterocycles. The molecule has 37 heavy (non-hydrogen) atoms. The molecule has 0 atom stereocenters. The molecule has 0 aromatic heterocycles. The Morgan fingerprint density at radius 2 is 1.81 bits per heavy atom. The van der Waals surface area contributed by atoms with Gasteiger partial charge in [-0.25, -0.2) is 0 Å². The molecule has 196 valence electrons. The van der Waals surface area contributed by atoms with Crippen LogP contribution in [0.5, 0.6) is 11.5 Å². The van der Waals surface area contributed by atoms with Crippen molar-refractivity contribution in [2.24, 2.45) is 0 Å². The first kappa shape index (κ1) is 27.8. The highest BCUT2D eigenvalue weighted by atomic mass is 79.9. The zero-order valence-corrected chi connectivity index (χ0v) is 24.0. The molecule has 0 aliphatic carbocycles. The SMILES string of the molecule is COc1cc(C=C2SC(=O)N(CC(=O)N3CCCCCC3)C2=O)c(Br)cc1OCc1ccc(Cl)cc1Cl. The predicted octanol–water partition coefficient (Wildman–Crippen LogP) is 6.78. The first-order valence-electron chi connectivity index (χ1n) is 11.7. The molecule has 0 radical (unpaired) electrons. The Morgan fingerprint density at radius 3 is 2.49 bits per heavy atom. The monoisotopic (exact) mass is 626 g/mol. The highest BCUT2D eigenvalue weighted by Crippen LogP contribution is 2.38. The summed E-state index contributed by atoms with van der Waals surface area (Å²) in [5, 5.41) is 0.573. The Balaban J connectivity index is 1.48. The summed E-state index contributed by atoms with van der Waals surface area (Å²) in [6, 6.07) is 8.60. The molecule has 0 spiro atoms. The summed E-state index contributed by atoms with van der Waals surface area (Å²) in [5.74, 6) is 0.223. The van der Waals surface area contributed by atoms with E-state index in [1.165, 1.54) is 7.11 Å². The first-order chi connectivity index (χ1) is 17.8. The van der Waals surface area contributed by atoms with Crippen LogP contribution in [-0.2, 0) is 16.2 Å². The van der Waals surface area contributed by atoms with E-state index in [2.05, 4.69) is 15.9 Å². The third-order valence-electron chi connectivity index (χ3n) is 6.09. The first-order valence-corrected chi connectivity index (χ1v) is 14.1. The molecule has 7 nitrogen and oxygen atoms in total. The van der Waals surface area contributed by atoms with Gasteiger partial charge in [0.1, 0.15) is 13.2 Å². The molecule has 0 unspecified atom stereocenters. The summed E-state index contributed by atoms with van der Waals surface area (Å²) >= 11 is 16.5. The third-order valence-corrected chi connectivity index (χ3v) is 8.27. The molecule has 2 saturated heterocycles. The lowest BCUT2D eigenvalue weighted by Crippen LogP contribution is -2.42. The van der Waals surface area contributed by atoms with E-state index in [1.807, 2.05) is 0 Å². The van der Waals surface area contributed by atoms with Gasteiger partial charge in [-0.3, -0.25) is 19.3 Å². The molecule has 0 bridgehead atoms. The molecule has 3 amide bonds. The number of benzene rings is 2. The second-order valence-corrected chi connectivity index (χ2v) is 11.3. The van der Waals surface area contributed by atoms with Crippen LogP contribution in [0.3, 0.4) is 0 Å². The predicted molar refractivity (Wildman–Crippen MR) is 149 cm³/mol. The number of ether oxygens (including phenoxy) is 2. The molecular formula is C26H25BrCl2N2O5S. The van der Waals surface area contributed by atoms with Crippen molar-refractivity contribution in [3.8, 4) is 11.5 Å². The fourth-order valence-electron chi connectivity index (χ4n) is 4.06. The number of carbonyl (C=O) groups excluding carboxylic acids is 3. The average Bonchev–Trinajstić information content (AvgIpc) is 3.04. The fourth-order valence-corrected chi connectivity index (χ4v) is 5.79. The van der Waals surface area contributed by atoms with Crippen molar-refractivity contribution >= 4 is 74.0 Å². The summed E-state index contributed by atoms with van der Waals surface area (Å²) < 4.78 is 12.1. The number of hydrogen-bond acceptors (Lipinski definition) is 6. The van der Waals surface area contributed by atoms with Gasteiger partial charge in [-0.15, -0.1) is 0 Å². The molecule has 2 fully saturated rings. The summed E-state index contributed by atoms with van der Waals surface area (Å²) in [5.41, 5.74) is 1.38. The van der Waals surface area contributed by atoms with Gasteiger partial charge in [0.25, 0.3) is 11.1 Å². The summed E-state index contributed by atoms with van der Waals surface area (Å²) in [6.45, 7) is 1.28. The molecular weight excluding hydrogens is 603 g/mol. The number of amides is 3. The smallest absolute Gasteiger partial charge is 0.294 e. The van der Waals surface area contributed by atoms with E-state index in [0.717, 1.165) is 47.9 Å². The number of hydrogen-bond donors (Lipinski definition) is 0. The van der Waals surface area contributed by atoms with Crippen LogP contribution >= 0.6 is 50.9 Å². The van der Waals surface area contributed by atoms with Crippen molar-refractivity contribution in [2.75, 3.05) is 26.7 Å². The van der Waals surface area contributed by atoms with Crippen LogP contribution in [0.25, 0.3) is 6.08 Å². The maximum Gasteiger partial charge on any atom is 0.294 e. The minimum atomic E-state index is -0.484. The van der Waals surface area contributed by atoms with Crippen LogP contribution in [0.4, 0.5) is 4.79 Å². The summed E-state index contributed by atoms with van der Waals surface area (Å²) in [4.78, 5) is 41.3. The molecule has 0 saturated carbocycles. The number of methoxy groups -OCH3 is 1. The van der Waals surface area contributed by atoms with Crippen molar-refractivity contribution in [1.82, 2.24) is 9.80 Å². The van der Waals surface area contributed by atoms with Gasteiger partial charge in [0.15, 0.2) is 11.5 Å². The third kappa shape index (κ3) is 6.82. The highest BCUT2D eigenvalue weighted by Gasteiger charge is 2.37. The van der Waals surface area contributed by atoms with E-state index in [9.17, 15) is 14.4 Å². The molecule has 2 aromatic carbocycles. The largest absolute Gasteiger partial charge is 0.493 e. The summed E-state index contributed by atoms with van der Waals surface area (Å²) in [7, 11) is 1.51. The lowest BCUT2D eigenvalue weighted by molar-refractivity contribution is -0.135. The van der Waals surface area contributed by atoms with Crippen LogP contribution in [0.1, 0.15) is 36.8 Å². The lowest BCUT2D eigenvalue weighted by atomic mass is 10.1. The Bertz CT molecular complexity index is 1250. The second-order valence-electron chi connectivity index (χ2n) is 8.61. The number of rotatable bonds is 7. The van der Waals surface area contributed by atoms with E-state index < -0.39 is 11.1 Å². The van der Waals surface area contributed by atoms with Gasteiger partial charge in [0.05, 0.1) is 12.0 Å². The van der Waals surface area contributed by atoms with Crippen molar-refractivity contribution in [3.63, 3.8) is 0 Å². The highest BCUT2D eigenvalue weighted by molar-refractivity contribution is 9.10. The standard InChI is InChI=1S/C26H25BrCl2N2O5S/c1-35-21-10-17(19(27)13-22(21)36-15-16-6-7-18(28)12-20(16)29)11-23-25(33)31(26(34)37-23)14-24(32)30-8-4-2-3-5-9-30/h6-7,10-13H,2-5,8-9,14-15H2,1H3. The van der Waals surface area contributed by atoms with Crippen molar-refractivity contribution < 1.29 is 23.9 Å². The number of thioether (sulfide) groups is 1. The molecule has 0 N–H and O–H groups in total. The van der Waals surface area contributed by atoms with Gasteiger partial charge in [0, 0.05) is 33.2 Å². The normalized spacial score (nSPS) is 17.4. The van der Waals surface area contributed by atoms with E-state index in [1.54, 1.807) is 41.3 Å². The van der Waals surface area contributed by atoms with Crippen LogP contribution in [-0.4, -0.2) is 53.6 Å². The lowest BCUT2D eigenvalue weighted by Gasteiger charge is -2.22. The minimum absolute atomic E-state index is 0.197. The van der Waals surface area contributed by atoms with Gasteiger partial charge in [-0.1, -0.05) is 58.0 Å².